The van der Waals surface area contributed by atoms with Gasteiger partial charge in [0.05, 0.1) is 6.61 Å². The van der Waals surface area contributed by atoms with Crippen LogP contribution in [0.3, 0.4) is 0 Å². The first kappa shape index (κ1) is 14.1. The number of benzene rings is 1. The van der Waals surface area contributed by atoms with Gasteiger partial charge in [-0.05, 0) is 19.1 Å². The number of halogens is 2. The van der Waals surface area contributed by atoms with E-state index in [9.17, 15) is 13.6 Å². The van der Waals surface area contributed by atoms with E-state index >= 15 is 0 Å². The summed E-state index contributed by atoms with van der Waals surface area (Å²) in [4.78, 5) is 11.0. The Kier molecular flexibility index (Phi) is 4.07. The van der Waals surface area contributed by atoms with Crippen molar-refractivity contribution in [1.82, 2.24) is 0 Å². The molecule has 0 saturated carbocycles. The Labute approximate surface area is 114 Å². The summed E-state index contributed by atoms with van der Waals surface area (Å²) in [7, 11) is 0. The number of alkyl halides is 2. The lowest BCUT2D eigenvalue weighted by atomic mass is 10.3. The molecule has 1 heterocycles. The number of carbonyl (C=O) groups excluding carboxylic acids is 1. The number of rotatable bonds is 5. The minimum atomic E-state index is -3.62. The summed E-state index contributed by atoms with van der Waals surface area (Å²) in [5, 5.41) is 2.92. The van der Waals surface area contributed by atoms with Crippen molar-refractivity contribution in [3.05, 3.63) is 30.4 Å². The number of esters is 1. The Morgan fingerprint density at radius 1 is 1.40 bits per heavy atom. The molecule has 0 fully saturated rings. The van der Waals surface area contributed by atoms with Gasteiger partial charge in [0.15, 0.2) is 11.5 Å². The molecule has 1 aliphatic heterocycles. The lowest BCUT2D eigenvalue weighted by molar-refractivity contribution is -0.286. The number of hydrogen-bond acceptors (Lipinski definition) is 5. The summed E-state index contributed by atoms with van der Waals surface area (Å²) in [6, 6.07) is 4.35. The van der Waals surface area contributed by atoms with Crippen LogP contribution in [0, 0.1) is 0 Å². The SMILES string of the molecule is CCOC(=O)/C=C/CNc1ccc2c(c1)OC(F)(F)O2. The van der Waals surface area contributed by atoms with Crippen molar-refractivity contribution in [3.63, 3.8) is 0 Å². The fourth-order valence-corrected chi connectivity index (χ4v) is 1.58. The van der Waals surface area contributed by atoms with E-state index in [0.29, 0.717) is 18.8 Å². The number of anilines is 1. The Hall–Kier alpha value is -2.31. The summed E-state index contributed by atoms with van der Waals surface area (Å²) >= 11 is 0. The van der Waals surface area contributed by atoms with Gasteiger partial charge in [-0.3, -0.25) is 0 Å². The molecule has 0 aromatic heterocycles. The Bertz CT molecular complexity index is 531. The highest BCUT2D eigenvalue weighted by atomic mass is 19.3. The first-order valence-electron chi connectivity index (χ1n) is 5.97. The number of ether oxygens (including phenoxy) is 3. The van der Waals surface area contributed by atoms with Gasteiger partial charge in [0.2, 0.25) is 0 Å². The topological polar surface area (TPSA) is 56.8 Å². The molecular weight excluding hydrogens is 272 g/mol. The first-order chi connectivity index (χ1) is 9.50. The van der Waals surface area contributed by atoms with Crippen molar-refractivity contribution in [2.45, 2.75) is 13.2 Å². The minimum absolute atomic E-state index is 0.0115. The van der Waals surface area contributed by atoms with Crippen LogP contribution in [0.4, 0.5) is 14.5 Å². The summed E-state index contributed by atoms with van der Waals surface area (Å²) < 4.78 is 38.9. The second-order valence-electron chi connectivity index (χ2n) is 3.86. The van der Waals surface area contributed by atoms with Gasteiger partial charge in [-0.2, -0.15) is 0 Å². The van der Waals surface area contributed by atoms with Gasteiger partial charge in [0, 0.05) is 24.4 Å². The van der Waals surface area contributed by atoms with E-state index in [2.05, 4.69) is 14.8 Å². The van der Waals surface area contributed by atoms with Crippen molar-refractivity contribution in [3.8, 4) is 11.5 Å². The smallest absolute Gasteiger partial charge is 0.463 e. The molecule has 0 unspecified atom stereocenters. The monoisotopic (exact) mass is 285 g/mol. The van der Waals surface area contributed by atoms with Gasteiger partial charge in [-0.15, -0.1) is 8.78 Å². The van der Waals surface area contributed by atoms with Crippen LogP contribution in [0.5, 0.6) is 11.5 Å². The molecular formula is C13H13F2NO4. The molecule has 0 aliphatic carbocycles. The van der Waals surface area contributed by atoms with Gasteiger partial charge < -0.3 is 19.5 Å². The molecule has 1 N–H and O–H groups in total. The predicted molar refractivity (Wildman–Crippen MR) is 66.9 cm³/mol. The van der Waals surface area contributed by atoms with Gasteiger partial charge in [0.25, 0.3) is 0 Å². The zero-order chi connectivity index (χ0) is 14.6. The highest BCUT2D eigenvalue weighted by Crippen LogP contribution is 2.42. The van der Waals surface area contributed by atoms with E-state index in [4.69, 9.17) is 4.74 Å². The Morgan fingerprint density at radius 3 is 2.90 bits per heavy atom. The van der Waals surface area contributed by atoms with Gasteiger partial charge in [-0.25, -0.2) is 4.79 Å². The van der Waals surface area contributed by atoms with Gasteiger partial charge in [0.1, 0.15) is 0 Å². The molecule has 0 radical (unpaired) electrons. The lowest BCUT2D eigenvalue weighted by Crippen LogP contribution is -2.25. The number of nitrogens with one attached hydrogen (secondary N) is 1. The first-order valence-corrected chi connectivity index (χ1v) is 5.97. The number of carbonyl (C=O) groups is 1. The third-order valence-electron chi connectivity index (χ3n) is 2.37. The third-order valence-corrected chi connectivity index (χ3v) is 2.37. The van der Waals surface area contributed by atoms with Crippen LogP contribution in [0.2, 0.25) is 0 Å². The van der Waals surface area contributed by atoms with Crippen LogP contribution in [-0.2, 0) is 9.53 Å². The van der Waals surface area contributed by atoms with Crippen LogP contribution in [-0.4, -0.2) is 25.4 Å². The quantitative estimate of drug-likeness (QED) is 0.665. The van der Waals surface area contributed by atoms with Crippen molar-refractivity contribution in [2.75, 3.05) is 18.5 Å². The maximum Gasteiger partial charge on any atom is 0.586 e. The van der Waals surface area contributed by atoms with E-state index in [0.717, 1.165) is 0 Å². The molecule has 1 aromatic rings. The summed E-state index contributed by atoms with van der Waals surface area (Å²) in [6.45, 7) is 2.37. The van der Waals surface area contributed by atoms with Crippen LogP contribution < -0.4 is 14.8 Å². The van der Waals surface area contributed by atoms with Gasteiger partial charge in [-0.1, -0.05) is 6.08 Å². The third kappa shape index (κ3) is 3.59. The molecule has 1 aliphatic rings. The lowest BCUT2D eigenvalue weighted by Gasteiger charge is -2.04. The van der Waals surface area contributed by atoms with E-state index in [1.54, 1.807) is 19.1 Å². The number of hydrogen-bond donors (Lipinski definition) is 1. The molecule has 7 heteroatoms. The van der Waals surface area contributed by atoms with Gasteiger partial charge >= 0.3 is 12.3 Å². The van der Waals surface area contributed by atoms with Crippen LogP contribution in [0.25, 0.3) is 0 Å². The normalized spacial score (nSPS) is 15.3. The zero-order valence-electron chi connectivity index (χ0n) is 10.7. The van der Waals surface area contributed by atoms with E-state index in [1.165, 1.54) is 18.2 Å². The fourth-order valence-electron chi connectivity index (χ4n) is 1.58. The minimum Gasteiger partial charge on any atom is -0.463 e. The molecule has 2 rings (SSSR count). The van der Waals surface area contributed by atoms with Crippen LogP contribution >= 0.6 is 0 Å². The summed E-state index contributed by atoms with van der Waals surface area (Å²) in [6.07, 6.45) is -0.764. The largest absolute Gasteiger partial charge is 0.586 e. The molecule has 1 aromatic carbocycles. The second-order valence-corrected chi connectivity index (χ2v) is 3.86. The Morgan fingerprint density at radius 2 is 2.15 bits per heavy atom. The average molecular weight is 285 g/mol. The molecule has 0 saturated heterocycles. The molecule has 0 spiro atoms. The maximum absolute atomic E-state index is 12.8. The highest BCUT2D eigenvalue weighted by Gasteiger charge is 2.43. The standard InChI is InChI=1S/C13H13F2NO4/c1-2-18-12(17)4-3-7-16-9-5-6-10-11(8-9)20-13(14,15)19-10/h3-6,8,16H,2,7H2,1H3/b4-3+. The molecule has 5 nitrogen and oxygen atoms in total. The predicted octanol–water partition coefficient (Wildman–Crippen LogP) is 2.54. The van der Waals surface area contributed by atoms with Crippen molar-refractivity contribution >= 4 is 11.7 Å². The zero-order valence-corrected chi connectivity index (χ0v) is 10.7. The molecule has 108 valence electrons. The number of fused-ring (bicyclic) bond motifs is 1. The molecule has 0 bridgehead atoms. The van der Waals surface area contributed by atoms with E-state index in [1.807, 2.05) is 0 Å². The highest BCUT2D eigenvalue weighted by molar-refractivity contribution is 5.81. The molecule has 0 atom stereocenters. The van der Waals surface area contributed by atoms with Crippen molar-refractivity contribution < 1.29 is 27.8 Å². The molecule has 0 amide bonds. The van der Waals surface area contributed by atoms with Crippen molar-refractivity contribution in [1.29, 1.82) is 0 Å². The van der Waals surface area contributed by atoms with Crippen LogP contribution in [0.15, 0.2) is 30.4 Å². The van der Waals surface area contributed by atoms with Crippen molar-refractivity contribution in [2.24, 2.45) is 0 Å². The maximum atomic E-state index is 12.8. The molecule has 20 heavy (non-hydrogen) atoms. The second kappa shape index (κ2) is 5.77. The summed E-state index contributed by atoms with van der Waals surface area (Å²) in [5.41, 5.74) is 0.568. The average Bonchev–Trinajstić information content (AvgIpc) is 2.68. The Balaban J connectivity index is 1.88. The van der Waals surface area contributed by atoms with E-state index < -0.39 is 12.3 Å². The fraction of sp³-hybridized carbons (Fsp3) is 0.308. The summed E-state index contributed by atoms with van der Waals surface area (Å²) in [5.74, 6) is -0.475. The van der Waals surface area contributed by atoms with E-state index in [-0.39, 0.29) is 11.5 Å². The van der Waals surface area contributed by atoms with Crippen LogP contribution in [0.1, 0.15) is 6.92 Å².